The van der Waals surface area contributed by atoms with Crippen LogP contribution in [0.3, 0.4) is 0 Å². The number of hydrogen-bond donors (Lipinski definition) is 2. The number of hydrogen-bond acceptors (Lipinski definition) is 6. The van der Waals surface area contributed by atoms with Crippen LogP contribution >= 0.6 is 15.9 Å². The minimum Gasteiger partial charge on any atom is -0.497 e. The zero-order valence-corrected chi connectivity index (χ0v) is 18.5. The van der Waals surface area contributed by atoms with Gasteiger partial charge in [-0.3, -0.25) is 9.59 Å². The van der Waals surface area contributed by atoms with Crippen molar-refractivity contribution in [1.29, 1.82) is 5.26 Å². The van der Waals surface area contributed by atoms with Crippen LogP contribution in [0.4, 0.5) is 5.69 Å². The number of nitrogens with one attached hydrogen (secondary N) is 2. The number of esters is 1. The highest BCUT2D eigenvalue weighted by atomic mass is 79.9. The van der Waals surface area contributed by atoms with Crippen LogP contribution in [0.25, 0.3) is 6.08 Å². The Kier molecular flexibility index (Phi) is 8.78. The number of amides is 2. The summed E-state index contributed by atoms with van der Waals surface area (Å²) in [6.45, 7) is 0.925. The van der Waals surface area contributed by atoms with E-state index >= 15 is 0 Å². The number of halogens is 1. The molecular weight excluding hydrogens is 466 g/mol. The first-order chi connectivity index (χ1) is 14.8. The van der Waals surface area contributed by atoms with Gasteiger partial charge in [-0.05, 0) is 54.5 Å². The summed E-state index contributed by atoms with van der Waals surface area (Å²) in [5, 5.41) is 14.2. The van der Waals surface area contributed by atoms with Gasteiger partial charge in [0.15, 0.2) is 6.61 Å². The summed E-state index contributed by atoms with van der Waals surface area (Å²) in [6, 6.07) is 13.8. The first-order valence-corrected chi connectivity index (χ1v) is 9.87. The third-order valence-corrected chi connectivity index (χ3v) is 4.50. The second kappa shape index (κ2) is 11.5. The number of carbonyl (C=O) groups is 3. The smallest absolute Gasteiger partial charge is 0.349 e. The lowest BCUT2D eigenvalue weighted by Gasteiger charge is -2.10. The van der Waals surface area contributed by atoms with Gasteiger partial charge in [-0.1, -0.05) is 28.1 Å². The molecule has 0 bridgehead atoms. The van der Waals surface area contributed by atoms with Crippen LogP contribution in [0.2, 0.25) is 0 Å². The van der Waals surface area contributed by atoms with E-state index in [1.807, 2.05) is 13.0 Å². The number of aryl methyl sites for hydroxylation is 1. The number of nitrogens with zero attached hydrogens (tertiary/aromatic N) is 1. The highest BCUT2D eigenvalue weighted by molar-refractivity contribution is 9.10. The Morgan fingerprint density at radius 3 is 2.45 bits per heavy atom. The zero-order chi connectivity index (χ0) is 22.8. The number of anilines is 1. The van der Waals surface area contributed by atoms with Crippen molar-refractivity contribution in [2.75, 3.05) is 25.6 Å². The van der Waals surface area contributed by atoms with E-state index in [-0.39, 0.29) is 12.1 Å². The molecule has 8 nitrogen and oxygen atoms in total. The maximum Gasteiger partial charge on any atom is 0.349 e. The molecule has 0 unspecified atom stereocenters. The summed E-state index contributed by atoms with van der Waals surface area (Å²) >= 11 is 3.34. The number of carbonyl (C=O) groups excluding carboxylic acids is 3. The van der Waals surface area contributed by atoms with Crippen molar-refractivity contribution in [3.05, 3.63) is 63.6 Å². The molecule has 0 radical (unpaired) electrons. The van der Waals surface area contributed by atoms with E-state index in [9.17, 15) is 19.6 Å². The molecule has 31 heavy (non-hydrogen) atoms. The molecule has 2 amide bonds. The van der Waals surface area contributed by atoms with Gasteiger partial charge in [0.2, 0.25) is 5.91 Å². The zero-order valence-electron chi connectivity index (χ0n) is 16.9. The monoisotopic (exact) mass is 485 g/mol. The summed E-state index contributed by atoms with van der Waals surface area (Å²) in [4.78, 5) is 35.9. The molecule has 0 atom stereocenters. The lowest BCUT2D eigenvalue weighted by molar-refractivity contribution is -0.144. The predicted octanol–water partition coefficient (Wildman–Crippen LogP) is 2.97. The van der Waals surface area contributed by atoms with Gasteiger partial charge in [0.1, 0.15) is 17.4 Å². The first-order valence-electron chi connectivity index (χ1n) is 9.08. The quantitative estimate of drug-likeness (QED) is 0.337. The van der Waals surface area contributed by atoms with Crippen molar-refractivity contribution in [2.24, 2.45) is 0 Å². The molecule has 0 aromatic heterocycles. The van der Waals surface area contributed by atoms with Gasteiger partial charge >= 0.3 is 5.97 Å². The summed E-state index contributed by atoms with van der Waals surface area (Å²) in [5.74, 6) is -1.40. The summed E-state index contributed by atoms with van der Waals surface area (Å²) in [7, 11) is 1.53. The van der Waals surface area contributed by atoms with E-state index in [2.05, 4.69) is 26.6 Å². The van der Waals surface area contributed by atoms with Crippen molar-refractivity contribution < 1.29 is 23.9 Å². The van der Waals surface area contributed by atoms with Gasteiger partial charge in [-0.2, -0.15) is 5.26 Å². The Morgan fingerprint density at radius 2 is 1.84 bits per heavy atom. The van der Waals surface area contributed by atoms with Crippen LogP contribution in [-0.4, -0.2) is 38.0 Å². The fourth-order valence-electron chi connectivity index (χ4n) is 2.40. The molecule has 2 aromatic rings. The average Bonchev–Trinajstić information content (AvgIpc) is 2.76. The molecule has 0 saturated carbocycles. The van der Waals surface area contributed by atoms with Crippen LogP contribution < -0.4 is 15.4 Å². The number of methoxy groups -OCH3 is 1. The van der Waals surface area contributed by atoms with Crippen molar-refractivity contribution in [3.8, 4) is 11.8 Å². The summed E-state index contributed by atoms with van der Waals surface area (Å²) < 4.78 is 10.8. The molecule has 0 saturated heterocycles. The number of nitriles is 1. The normalized spacial score (nSPS) is 10.6. The highest BCUT2D eigenvalue weighted by Gasteiger charge is 2.14. The predicted molar refractivity (Wildman–Crippen MR) is 118 cm³/mol. The van der Waals surface area contributed by atoms with E-state index < -0.39 is 24.4 Å². The third kappa shape index (κ3) is 7.60. The Morgan fingerprint density at radius 1 is 1.13 bits per heavy atom. The first kappa shape index (κ1) is 23.6. The second-order valence-electron chi connectivity index (χ2n) is 6.30. The molecule has 0 aliphatic carbocycles. The summed E-state index contributed by atoms with van der Waals surface area (Å²) in [5.41, 5.74) is 1.81. The molecule has 0 aliphatic rings. The standard InChI is InChI=1S/C22H20BrN3O5/c1-14-9-17(23)5-8-19(14)26-20(27)12-25-21(28)13-31-22(29)16(11-24)10-15-3-6-18(30-2)7-4-15/h3-10H,12-13H2,1-2H3,(H,25,28)(H,26,27)/b16-10-. The van der Waals surface area contributed by atoms with E-state index in [4.69, 9.17) is 9.47 Å². The van der Waals surface area contributed by atoms with Gasteiger partial charge in [-0.15, -0.1) is 0 Å². The number of rotatable bonds is 8. The topological polar surface area (TPSA) is 118 Å². The third-order valence-electron chi connectivity index (χ3n) is 4.01. The summed E-state index contributed by atoms with van der Waals surface area (Å²) in [6.07, 6.45) is 1.34. The molecule has 0 fully saturated rings. The lowest BCUT2D eigenvalue weighted by atomic mass is 10.1. The molecule has 0 spiro atoms. The largest absolute Gasteiger partial charge is 0.497 e. The van der Waals surface area contributed by atoms with Crippen molar-refractivity contribution >= 4 is 45.5 Å². The Balaban J connectivity index is 1.82. The molecule has 2 aromatic carbocycles. The van der Waals surface area contributed by atoms with Crippen LogP contribution in [0, 0.1) is 18.3 Å². The molecule has 9 heteroatoms. The average molecular weight is 486 g/mol. The van der Waals surface area contributed by atoms with Gasteiger partial charge < -0.3 is 20.1 Å². The molecule has 2 rings (SSSR count). The van der Waals surface area contributed by atoms with Crippen LogP contribution in [0.5, 0.6) is 5.75 Å². The van der Waals surface area contributed by atoms with E-state index in [0.717, 1.165) is 10.0 Å². The Bertz CT molecular complexity index is 1040. The molecule has 0 heterocycles. The minimum atomic E-state index is -0.941. The van der Waals surface area contributed by atoms with Crippen molar-refractivity contribution in [1.82, 2.24) is 5.32 Å². The molecule has 0 aliphatic heterocycles. The Labute approximate surface area is 188 Å². The van der Waals surface area contributed by atoms with Crippen LogP contribution in [0.1, 0.15) is 11.1 Å². The van der Waals surface area contributed by atoms with Crippen molar-refractivity contribution in [3.63, 3.8) is 0 Å². The fourth-order valence-corrected chi connectivity index (χ4v) is 2.88. The molecular formula is C22H20BrN3O5. The second-order valence-corrected chi connectivity index (χ2v) is 7.22. The number of ether oxygens (including phenoxy) is 2. The molecule has 2 N–H and O–H groups in total. The Hall–Kier alpha value is -3.64. The highest BCUT2D eigenvalue weighted by Crippen LogP contribution is 2.19. The van der Waals surface area contributed by atoms with Gasteiger partial charge in [0.05, 0.1) is 13.7 Å². The van der Waals surface area contributed by atoms with Gasteiger partial charge in [0.25, 0.3) is 5.91 Å². The van der Waals surface area contributed by atoms with E-state index in [1.165, 1.54) is 13.2 Å². The van der Waals surface area contributed by atoms with E-state index in [1.54, 1.807) is 42.5 Å². The molecule has 160 valence electrons. The maximum absolute atomic E-state index is 12.0. The van der Waals surface area contributed by atoms with Crippen LogP contribution in [0.15, 0.2) is 52.5 Å². The minimum absolute atomic E-state index is 0.263. The van der Waals surface area contributed by atoms with Crippen molar-refractivity contribution in [2.45, 2.75) is 6.92 Å². The van der Waals surface area contributed by atoms with Gasteiger partial charge in [-0.25, -0.2) is 4.79 Å². The van der Waals surface area contributed by atoms with E-state index in [0.29, 0.717) is 17.0 Å². The van der Waals surface area contributed by atoms with Crippen LogP contribution in [-0.2, 0) is 19.1 Å². The fraction of sp³-hybridized carbons (Fsp3) is 0.182. The SMILES string of the molecule is COc1ccc(/C=C(/C#N)C(=O)OCC(=O)NCC(=O)Nc2ccc(Br)cc2C)cc1. The van der Waals surface area contributed by atoms with Gasteiger partial charge in [0, 0.05) is 10.2 Å². The lowest BCUT2D eigenvalue weighted by Crippen LogP contribution is -2.35. The number of benzene rings is 2. The maximum atomic E-state index is 12.0.